The Kier molecular flexibility index (Phi) is 5.45. The highest BCUT2D eigenvalue weighted by Crippen LogP contribution is 2.18. The Hall–Kier alpha value is -1.46. The molecule has 0 bridgehead atoms. The summed E-state index contributed by atoms with van der Waals surface area (Å²) in [6, 6.07) is 6.16. The van der Waals surface area contributed by atoms with E-state index in [1.54, 1.807) is 0 Å². The average molecular weight is 217 g/mol. The Morgan fingerprint density at radius 2 is 2.06 bits per heavy atom. The van der Waals surface area contributed by atoms with E-state index < -0.39 is 0 Å². The van der Waals surface area contributed by atoms with E-state index in [4.69, 9.17) is 4.74 Å². The van der Waals surface area contributed by atoms with Crippen molar-refractivity contribution in [1.82, 2.24) is 5.32 Å². The van der Waals surface area contributed by atoms with Crippen LogP contribution in [-0.4, -0.2) is 19.7 Å². The standard InChI is InChI=1S/C14H19NO/c1-4-15-9-5-6-10-16-14-8-7-12(2)11-13(14)3/h7-8,11,15H,4,9-10H2,1-3H3. The third-order valence-electron chi connectivity index (χ3n) is 2.22. The van der Waals surface area contributed by atoms with Gasteiger partial charge in [-0.15, -0.1) is 0 Å². The molecule has 0 fully saturated rings. The van der Waals surface area contributed by atoms with E-state index in [2.05, 4.69) is 50.1 Å². The lowest BCUT2D eigenvalue weighted by Crippen LogP contribution is -2.12. The maximum Gasteiger partial charge on any atom is 0.149 e. The third-order valence-corrected chi connectivity index (χ3v) is 2.22. The lowest BCUT2D eigenvalue weighted by atomic mass is 10.1. The summed E-state index contributed by atoms with van der Waals surface area (Å²) < 4.78 is 5.57. The Morgan fingerprint density at radius 3 is 2.75 bits per heavy atom. The molecule has 0 spiro atoms. The van der Waals surface area contributed by atoms with Gasteiger partial charge in [-0.05, 0) is 32.0 Å². The molecule has 1 aromatic carbocycles. The van der Waals surface area contributed by atoms with Crippen LogP contribution in [0.4, 0.5) is 0 Å². The van der Waals surface area contributed by atoms with Crippen LogP contribution in [0.15, 0.2) is 18.2 Å². The molecule has 0 aromatic heterocycles. The first-order valence-corrected chi connectivity index (χ1v) is 5.60. The Morgan fingerprint density at radius 1 is 1.25 bits per heavy atom. The van der Waals surface area contributed by atoms with Crippen molar-refractivity contribution in [2.45, 2.75) is 20.8 Å². The summed E-state index contributed by atoms with van der Waals surface area (Å²) in [5.41, 5.74) is 2.41. The smallest absolute Gasteiger partial charge is 0.149 e. The molecular formula is C14H19NO. The van der Waals surface area contributed by atoms with Gasteiger partial charge in [0, 0.05) is 0 Å². The van der Waals surface area contributed by atoms with Crippen LogP contribution >= 0.6 is 0 Å². The van der Waals surface area contributed by atoms with Crippen LogP contribution in [0.25, 0.3) is 0 Å². The van der Waals surface area contributed by atoms with E-state index in [0.717, 1.165) is 24.4 Å². The van der Waals surface area contributed by atoms with Crippen molar-refractivity contribution in [3.05, 3.63) is 29.3 Å². The van der Waals surface area contributed by atoms with Gasteiger partial charge in [-0.1, -0.05) is 36.5 Å². The summed E-state index contributed by atoms with van der Waals surface area (Å²) in [6.07, 6.45) is 0. The van der Waals surface area contributed by atoms with E-state index in [1.165, 1.54) is 5.56 Å². The predicted molar refractivity (Wildman–Crippen MR) is 67.7 cm³/mol. The van der Waals surface area contributed by atoms with Gasteiger partial charge in [-0.25, -0.2) is 0 Å². The fourth-order valence-corrected chi connectivity index (χ4v) is 1.38. The molecule has 0 saturated heterocycles. The summed E-state index contributed by atoms with van der Waals surface area (Å²) in [4.78, 5) is 0. The highest BCUT2D eigenvalue weighted by Gasteiger charge is 1.97. The van der Waals surface area contributed by atoms with Crippen molar-refractivity contribution < 1.29 is 4.74 Å². The number of rotatable bonds is 4. The molecule has 0 unspecified atom stereocenters. The zero-order valence-corrected chi connectivity index (χ0v) is 10.3. The van der Waals surface area contributed by atoms with E-state index in [1.807, 2.05) is 6.07 Å². The fraction of sp³-hybridized carbons (Fsp3) is 0.429. The average Bonchev–Trinajstić information content (AvgIpc) is 2.26. The van der Waals surface area contributed by atoms with Gasteiger partial charge in [0.1, 0.15) is 12.4 Å². The molecule has 86 valence electrons. The van der Waals surface area contributed by atoms with Crippen LogP contribution in [0.3, 0.4) is 0 Å². The lowest BCUT2D eigenvalue weighted by Gasteiger charge is -2.06. The molecule has 1 N–H and O–H groups in total. The molecular weight excluding hydrogens is 198 g/mol. The number of nitrogens with one attached hydrogen (secondary N) is 1. The summed E-state index contributed by atoms with van der Waals surface area (Å²) in [7, 11) is 0. The van der Waals surface area contributed by atoms with Crippen molar-refractivity contribution in [2.24, 2.45) is 0 Å². The highest BCUT2D eigenvalue weighted by atomic mass is 16.5. The number of benzene rings is 1. The minimum absolute atomic E-state index is 0.454. The summed E-state index contributed by atoms with van der Waals surface area (Å²) in [5, 5.41) is 3.14. The van der Waals surface area contributed by atoms with Crippen LogP contribution in [0.1, 0.15) is 18.1 Å². The van der Waals surface area contributed by atoms with Crippen molar-refractivity contribution in [3.63, 3.8) is 0 Å². The van der Waals surface area contributed by atoms with Crippen molar-refractivity contribution in [2.75, 3.05) is 19.7 Å². The minimum Gasteiger partial charge on any atom is -0.481 e. The Labute approximate surface area is 98.0 Å². The van der Waals surface area contributed by atoms with Crippen LogP contribution < -0.4 is 10.1 Å². The first-order chi connectivity index (χ1) is 7.74. The molecule has 2 heteroatoms. The first-order valence-electron chi connectivity index (χ1n) is 5.60. The molecule has 2 nitrogen and oxygen atoms in total. The third kappa shape index (κ3) is 4.37. The largest absolute Gasteiger partial charge is 0.481 e. The molecule has 0 radical (unpaired) electrons. The van der Waals surface area contributed by atoms with Gasteiger partial charge < -0.3 is 10.1 Å². The van der Waals surface area contributed by atoms with E-state index >= 15 is 0 Å². The van der Waals surface area contributed by atoms with Gasteiger partial charge in [0.2, 0.25) is 0 Å². The van der Waals surface area contributed by atoms with Gasteiger partial charge in [-0.2, -0.15) is 0 Å². The normalized spacial score (nSPS) is 9.44. The number of ether oxygens (including phenoxy) is 1. The molecule has 0 atom stereocenters. The molecule has 0 aliphatic rings. The van der Waals surface area contributed by atoms with E-state index in [9.17, 15) is 0 Å². The second kappa shape index (κ2) is 6.92. The minimum atomic E-state index is 0.454. The van der Waals surface area contributed by atoms with Crippen molar-refractivity contribution in [3.8, 4) is 17.6 Å². The Bertz CT molecular complexity index is 387. The van der Waals surface area contributed by atoms with Gasteiger partial charge in [0.05, 0.1) is 6.54 Å². The zero-order chi connectivity index (χ0) is 11.8. The summed E-state index contributed by atoms with van der Waals surface area (Å²) in [5.74, 6) is 6.90. The molecule has 16 heavy (non-hydrogen) atoms. The molecule has 1 rings (SSSR count). The molecule has 0 aliphatic carbocycles. The lowest BCUT2D eigenvalue weighted by molar-refractivity contribution is 0.367. The monoisotopic (exact) mass is 217 g/mol. The van der Waals surface area contributed by atoms with Gasteiger partial charge in [0.25, 0.3) is 0 Å². The van der Waals surface area contributed by atoms with Crippen molar-refractivity contribution in [1.29, 1.82) is 0 Å². The van der Waals surface area contributed by atoms with Gasteiger partial charge >= 0.3 is 0 Å². The molecule has 0 aliphatic heterocycles. The van der Waals surface area contributed by atoms with E-state index in [0.29, 0.717) is 6.61 Å². The maximum atomic E-state index is 5.57. The summed E-state index contributed by atoms with van der Waals surface area (Å²) in [6.45, 7) is 8.32. The van der Waals surface area contributed by atoms with Crippen molar-refractivity contribution >= 4 is 0 Å². The molecule has 0 saturated carbocycles. The van der Waals surface area contributed by atoms with E-state index in [-0.39, 0.29) is 0 Å². The van der Waals surface area contributed by atoms with Gasteiger partial charge in [-0.3, -0.25) is 0 Å². The predicted octanol–water partition coefficient (Wildman–Crippen LogP) is 2.30. The van der Waals surface area contributed by atoms with Gasteiger partial charge in [0.15, 0.2) is 0 Å². The number of hydrogen-bond donors (Lipinski definition) is 1. The quantitative estimate of drug-likeness (QED) is 0.617. The molecule has 1 aromatic rings. The molecule has 0 heterocycles. The highest BCUT2D eigenvalue weighted by molar-refractivity contribution is 5.35. The summed E-state index contributed by atoms with van der Waals surface area (Å²) >= 11 is 0. The van der Waals surface area contributed by atoms with Crippen LogP contribution in [-0.2, 0) is 0 Å². The topological polar surface area (TPSA) is 21.3 Å². The second-order valence-corrected chi connectivity index (χ2v) is 3.69. The number of hydrogen-bond acceptors (Lipinski definition) is 2. The Balaban J connectivity index is 2.39. The SMILES string of the molecule is CCNCC#CCOc1ccc(C)cc1C. The maximum absolute atomic E-state index is 5.57. The fourth-order valence-electron chi connectivity index (χ4n) is 1.38. The first kappa shape index (κ1) is 12.6. The van der Waals surface area contributed by atoms with Crippen LogP contribution in [0.5, 0.6) is 5.75 Å². The molecule has 0 amide bonds. The second-order valence-electron chi connectivity index (χ2n) is 3.69. The van der Waals surface area contributed by atoms with Crippen LogP contribution in [0, 0.1) is 25.7 Å². The zero-order valence-electron chi connectivity index (χ0n) is 10.3. The van der Waals surface area contributed by atoms with Crippen LogP contribution in [0.2, 0.25) is 0 Å². The number of aryl methyl sites for hydroxylation is 2.